The van der Waals surface area contributed by atoms with Gasteiger partial charge in [-0.05, 0) is 43.9 Å². The Bertz CT molecular complexity index is 547. The largest absolute Gasteiger partial charge is 0.342 e. The first-order valence-electron chi connectivity index (χ1n) is 7.51. The van der Waals surface area contributed by atoms with Crippen molar-refractivity contribution in [3.8, 4) is 0 Å². The fraction of sp³-hybridized carbons (Fsp3) is 0.562. The van der Waals surface area contributed by atoms with E-state index in [9.17, 15) is 13.6 Å². The topological polar surface area (TPSA) is 32.3 Å². The van der Waals surface area contributed by atoms with Crippen LogP contribution in [0.3, 0.4) is 0 Å². The molecule has 3 rings (SSSR count). The van der Waals surface area contributed by atoms with E-state index in [4.69, 9.17) is 0 Å². The molecule has 0 bridgehead atoms. The third kappa shape index (κ3) is 3.25. The Morgan fingerprint density at radius 3 is 2.59 bits per heavy atom. The van der Waals surface area contributed by atoms with Crippen LogP contribution in [0.1, 0.15) is 30.7 Å². The van der Waals surface area contributed by atoms with Crippen LogP contribution < -0.4 is 5.32 Å². The number of carbonyl (C=O) groups is 1. The molecule has 0 radical (unpaired) electrons. The van der Waals surface area contributed by atoms with Gasteiger partial charge in [-0.15, -0.1) is 12.4 Å². The summed E-state index contributed by atoms with van der Waals surface area (Å²) in [5, 5.41) is 3.23. The summed E-state index contributed by atoms with van der Waals surface area (Å²) in [7, 11) is 1.94. The van der Waals surface area contributed by atoms with E-state index in [0.717, 1.165) is 32.0 Å². The summed E-state index contributed by atoms with van der Waals surface area (Å²) in [6, 6.07) is 4.68. The molecule has 2 aliphatic rings. The minimum atomic E-state index is -0.833. The van der Waals surface area contributed by atoms with Crippen molar-refractivity contribution in [2.75, 3.05) is 20.1 Å². The number of hydrogen-bond donors (Lipinski definition) is 1. The molecule has 1 aliphatic heterocycles. The number of piperidine rings is 1. The number of hydrogen-bond acceptors (Lipinski definition) is 2. The zero-order valence-corrected chi connectivity index (χ0v) is 13.3. The highest BCUT2D eigenvalue weighted by molar-refractivity contribution is 5.85. The van der Waals surface area contributed by atoms with Crippen molar-refractivity contribution in [2.45, 2.75) is 31.2 Å². The molecular formula is C16H21ClF2N2O. The normalized spacial score (nSPS) is 24.8. The van der Waals surface area contributed by atoms with Crippen molar-refractivity contribution >= 4 is 18.3 Å². The van der Waals surface area contributed by atoms with E-state index in [2.05, 4.69) is 5.32 Å². The lowest BCUT2D eigenvalue weighted by molar-refractivity contribution is -0.133. The van der Waals surface area contributed by atoms with Crippen LogP contribution in [-0.4, -0.2) is 37.0 Å². The highest BCUT2D eigenvalue weighted by atomic mass is 35.5. The second-order valence-electron chi connectivity index (χ2n) is 5.98. The monoisotopic (exact) mass is 330 g/mol. The summed E-state index contributed by atoms with van der Waals surface area (Å²) in [4.78, 5) is 14.3. The second kappa shape index (κ2) is 6.92. The predicted molar refractivity (Wildman–Crippen MR) is 83.1 cm³/mol. The van der Waals surface area contributed by atoms with Gasteiger partial charge in [-0.25, -0.2) is 8.78 Å². The Morgan fingerprint density at radius 2 is 1.95 bits per heavy atom. The van der Waals surface area contributed by atoms with Crippen molar-refractivity contribution in [1.29, 1.82) is 0 Å². The Morgan fingerprint density at radius 1 is 1.27 bits per heavy atom. The van der Waals surface area contributed by atoms with E-state index < -0.39 is 11.6 Å². The number of rotatable bonds is 3. The maximum absolute atomic E-state index is 13.8. The van der Waals surface area contributed by atoms with E-state index in [-0.39, 0.29) is 30.2 Å². The summed E-state index contributed by atoms with van der Waals surface area (Å²) in [5.74, 6) is -1.87. The molecule has 1 amide bonds. The van der Waals surface area contributed by atoms with Gasteiger partial charge in [-0.2, -0.15) is 0 Å². The lowest BCUT2D eigenvalue weighted by atomic mass is 10.0. The molecule has 2 unspecified atom stereocenters. The predicted octanol–water partition coefficient (Wildman–Crippen LogP) is 2.70. The highest BCUT2D eigenvalue weighted by Gasteiger charge is 2.47. The standard InChI is InChI=1S/C16H20F2N2O.ClH/c1-19-10-5-7-20(8-6-10)16(21)13-9-12(13)11-3-2-4-14(17)15(11)18;/h2-4,10,12-13,19H,5-9H2,1H3;1H. The van der Waals surface area contributed by atoms with Crippen LogP contribution in [0.4, 0.5) is 8.78 Å². The second-order valence-corrected chi connectivity index (χ2v) is 5.98. The first-order chi connectivity index (χ1) is 10.1. The number of halogens is 3. The lowest BCUT2D eigenvalue weighted by Gasteiger charge is -2.32. The van der Waals surface area contributed by atoms with Crippen molar-refractivity contribution in [2.24, 2.45) is 5.92 Å². The summed E-state index contributed by atoms with van der Waals surface area (Å²) in [5.41, 5.74) is 0.346. The lowest BCUT2D eigenvalue weighted by Crippen LogP contribution is -2.44. The van der Waals surface area contributed by atoms with Gasteiger partial charge in [0.2, 0.25) is 5.91 Å². The van der Waals surface area contributed by atoms with Gasteiger partial charge in [0, 0.05) is 25.0 Å². The Kier molecular flexibility index (Phi) is 5.40. The summed E-state index contributed by atoms with van der Waals surface area (Å²) < 4.78 is 27.0. The molecule has 22 heavy (non-hydrogen) atoms. The Labute approximate surface area is 135 Å². The molecule has 1 aromatic rings. The van der Waals surface area contributed by atoms with E-state index in [1.54, 1.807) is 6.07 Å². The van der Waals surface area contributed by atoms with Crippen molar-refractivity contribution in [1.82, 2.24) is 10.2 Å². The van der Waals surface area contributed by atoms with Crippen LogP contribution in [0, 0.1) is 17.6 Å². The maximum atomic E-state index is 13.8. The summed E-state index contributed by atoms with van der Waals surface area (Å²) in [6.07, 6.45) is 2.53. The zero-order valence-electron chi connectivity index (χ0n) is 12.5. The highest BCUT2D eigenvalue weighted by Crippen LogP contribution is 2.49. The quantitative estimate of drug-likeness (QED) is 0.924. The summed E-state index contributed by atoms with van der Waals surface area (Å²) >= 11 is 0. The van der Waals surface area contributed by atoms with Crippen LogP contribution in [0.5, 0.6) is 0 Å². The maximum Gasteiger partial charge on any atom is 0.226 e. The summed E-state index contributed by atoms with van der Waals surface area (Å²) in [6.45, 7) is 1.50. The average Bonchev–Trinajstić information content (AvgIpc) is 3.30. The SMILES string of the molecule is CNC1CCN(C(=O)C2CC2c2cccc(F)c2F)CC1.Cl. The van der Waals surface area contributed by atoms with Gasteiger partial charge < -0.3 is 10.2 Å². The number of nitrogens with one attached hydrogen (secondary N) is 1. The Balaban J connectivity index is 0.00000176. The first kappa shape index (κ1) is 17.2. The number of amides is 1. The molecule has 3 nitrogen and oxygen atoms in total. The van der Waals surface area contributed by atoms with Gasteiger partial charge in [0.05, 0.1) is 0 Å². The molecular weight excluding hydrogens is 310 g/mol. The molecule has 122 valence electrons. The number of likely N-dealkylation sites (tertiary alicyclic amines) is 1. The molecule has 0 spiro atoms. The van der Waals surface area contributed by atoms with Crippen LogP contribution in [0.15, 0.2) is 18.2 Å². The number of nitrogens with zero attached hydrogens (tertiary/aromatic N) is 1. The fourth-order valence-electron chi connectivity index (χ4n) is 3.24. The average molecular weight is 331 g/mol. The van der Waals surface area contributed by atoms with Crippen LogP contribution >= 0.6 is 12.4 Å². The van der Waals surface area contributed by atoms with Gasteiger partial charge in [-0.3, -0.25) is 4.79 Å². The first-order valence-corrected chi connectivity index (χ1v) is 7.51. The minimum absolute atomic E-state index is 0. The van der Waals surface area contributed by atoms with E-state index in [1.165, 1.54) is 6.07 Å². The molecule has 1 saturated carbocycles. The van der Waals surface area contributed by atoms with E-state index >= 15 is 0 Å². The van der Waals surface area contributed by atoms with Crippen LogP contribution in [0.25, 0.3) is 0 Å². The zero-order chi connectivity index (χ0) is 15.0. The molecule has 1 saturated heterocycles. The van der Waals surface area contributed by atoms with Crippen molar-refractivity contribution in [3.05, 3.63) is 35.4 Å². The van der Waals surface area contributed by atoms with Crippen LogP contribution in [0.2, 0.25) is 0 Å². The smallest absolute Gasteiger partial charge is 0.226 e. The third-order valence-electron chi connectivity index (χ3n) is 4.70. The van der Waals surface area contributed by atoms with Gasteiger partial charge in [0.25, 0.3) is 0 Å². The molecule has 1 aromatic carbocycles. The van der Waals surface area contributed by atoms with Crippen molar-refractivity contribution < 1.29 is 13.6 Å². The third-order valence-corrected chi connectivity index (χ3v) is 4.70. The fourth-order valence-corrected chi connectivity index (χ4v) is 3.24. The van der Waals surface area contributed by atoms with Crippen LogP contribution in [-0.2, 0) is 4.79 Å². The molecule has 0 aromatic heterocycles. The molecule has 1 heterocycles. The number of benzene rings is 1. The minimum Gasteiger partial charge on any atom is -0.342 e. The molecule has 6 heteroatoms. The number of carbonyl (C=O) groups excluding carboxylic acids is 1. The molecule has 2 atom stereocenters. The van der Waals surface area contributed by atoms with E-state index in [1.807, 2.05) is 11.9 Å². The molecule has 1 N–H and O–H groups in total. The van der Waals surface area contributed by atoms with Gasteiger partial charge in [0.1, 0.15) is 0 Å². The van der Waals surface area contributed by atoms with E-state index in [0.29, 0.717) is 18.0 Å². The van der Waals surface area contributed by atoms with Gasteiger partial charge >= 0.3 is 0 Å². The molecule has 2 fully saturated rings. The van der Waals surface area contributed by atoms with Gasteiger partial charge in [-0.1, -0.05) is 12.1 Å². The van der Waals surface area contributed by atoms with Crippen molar-refractivity contribution in [3.63, 3.8) is 0 Å². The molecule has 1 aliphatic carbocycles. The Hall–Kier alpha value is -1.20. The van der Waals surface area contributed by atoms with Gasteiger partial charge in [0.15, 0.2) is 11.6 Å².